The first-order valence-corrected chi connectivity index (χ1v) is 10.3. The number of carboxylic acids is 2. The third-order valence-electron chi connectivity index (χ3n) is 4.32. The molecule has 0 saturated carbocycles. The summed E-state index contributed by atoms with van der Waals surface area (Å²) in [6.07, 6.45) is 1.01. The highest BCUT2D eigenvalue weighted by atomic mass is 16.4. The van der Waals surface area contributed by atoms with E-state index in [4.69, 9.17) is 33.1 Å². The summed E-state index contributed by atoms with van der Waals surface area (Å²) in [5.41, 5.74) is 21.6. The zero-order chi connectivity index (χ0) is 25.4. The number of carbonyl (C=O) groups is 5. The maximum Gasteiger partial charge on any atom is 0.326 e. The molecule has 0 aromatic carbocycles. The Labute approximate surface area is 190 Å². The topological polar surface area (TPSA) is 278 Å². The maximum atomic E-state index is 12.5. The first-order valence-electron chi connectivity index (χ1n) is 10.3. The minimum Gasteiger partial charge on any atom is -0.481 e. The molecule has 0 spiro atoms. The van der Waals surface area contributed by atoms with Crippen molar-refractivity contribution in [2.45, 2.75) is 56.7 Å². The number of hydrogen-bond acceptors (Lipinski definition) is 8. The summed E-state index contributed by atoms with van der Waals surface area (Å²) in [4.78, 5) is 62.4. The van der Waals surface area contributed by atoms with Gasteiger partial charge >= 0.3 is 11.9 Å². The Kier molecular flexibility index (Phi) is 14.5. The molecule has 3 unspecified atom stereocenters. The third-order valence-corrected chi connectivity index (χ3v) is 4.32. The Balaban J connectivity index is 4.81. The van der Waals surface area contributed by atoms with Crippen molar-refractivity contribution >= 4 is 35.6 Å². The van der Waals surface area contributed by atoms with Gasteiger partial charge in [0.05, 0.1) is 19.0 Å². The van der Waals surface area contributed by atoms with Crippen molar-refractivity contribution in [1.82, 2.24) is 16.0 Å². The highest BCUT2D eigenvalue weighted by Gasteiger charge is 2.28. The van der Waals surface area contributed by atoms with Gasteiger partial charge in [-0.05, 0) is 38.6 Å². The highest BCUT2D eigenvalue weighted by Crippen LogP contribution is 2.03. The zero-order valence-corrected chi connectivity index (χ0v) is 18.3. The summed E-state index contributed by atoms with van der Waals surface area (Å²) in [5, 5.41) is 24.7. The van der Waals surface area contributed by atoms with E-state index < -0.39 is 60.8 Å². The van der Waals surface area contributed by atoms with E-state index in [1.165, 1.54) is 0 Å². The smallest absolute Gasteiger partial charge is 0.326 e. The molecule has 0 heterocycles. The van der Waals surface area contributed by atoms with Gasteiger partial charge in [0.1, 0.15) is 12.1 Å². The molecule has 0 aromatic rings. The van der Waals surface area contributed by atoms with Crippen LogP contribution in [-0.2, 0) is 24.0 Å². The minimum absolute atomic E-state index is 0.0765. The van der Waals surface area contributed by atoms with Gasteiger partial charge in [0.2, 0.25) is 17.7 Å². The van der Waals surface area contributed by atoms with Gasteiger partial charge in [0.15, 0.2) is 5.96 Å². The SMILES string of the molecule is NCCCCC(NC(=O)CNC(=O)C(N)CCCN=C(N)N)C(=O)NC(CC(=O)O)C(=O)O. The average molecular weight is 475 g/mol. The van der Waals surface area contributed by atoms with Crippen LogP contribution in [0.1, 0.15) is 38.5 Å². The molecule has 188 valence electrons. The summed E-state index contributed by atoms with van der Waals surface area (Å²) in [6.45, 7) is 0.164. The van der Waals surface area contributed by atoms with E-state index in [1.54, 1.807) is 0 Å². The lowest BCUT2D eigenvalue weighted by Gasteiger charge is -2.21. The van der Waals surface area contributed by atoms with E-state index in [0.29, 0.717) is 32.4 Å². The molecule has 0 aliphatic heterocycles. The van der Waals surface area contributed by atoms with E-state index in [9.17, 15) is 24.0 Å². The van der Waals surface area contributed by atoms with Gasteiger partial charge in [-0.2, -0.15) is 0 Å². The molecular formula is C18H34N8O7. The molecule has 0 rings (SSSR count). The molecule has 0 saturated heterocycles. The molecule has 0 aliphatic carbocycles. The highest BCUT2D eigenvalue weighted by molar-refractivity contribution is 5.93. The number of aliphatic imine (C=N–C) groups is 1. The number of rotatable bonds is 17. The Morgan fingerprint density at radius 2 is 1.55 bits per heavy atom. The third kappa shape index (κ3) is 14.3. The maximum absolute atomic E-state index is 12.5. The number of guanidine groups is 1. The Hall–Kier alpha value is -3.46. The van der Waals surface area contributed by atoms with Crippen molar-refractivity contribution in [3.63, 3.8) is 0 Å². The van der Waals surface area contributed by atoms with Crippen LogP contribution < -0.4 is 38.9 Å². The Morgan fingerprint density at radius 1 is 0.879 bits per heavy atom. The van der Waals surface area contributed by atoms with Crippen LogP contribution in [0.4, 0.5) is 0 Å². The largest absolute Gasteiger partial charge is 0.481 e. The van der Waals surface area contributed by atoms with Gasteiger partial charge in [-0.25, -0.2) is 4.79 Å². The first kappa shape index (κ1) is 29.5. The normalized spacial score (nSPS) is 13.2. The number of aliphatic carboxylic acids is 2. The van der Waals surface area contributed by atoms with E-state index in [2.05, 4.69) is 20.9 Å². The molecule has 0 radical (unpaired) electrons. The summed E-state index contributed by atoms with van der Waals surface area (Å²) >= 11 is 0. The van der Waals surface area contributed by atoms with E-state index in [-0.39, 0.29) is 18.8 Å². The van der Waals surface area contributed by atoms with E-state index in [0.717, 1.165) is 0 Å². The van der Waals surface area contributed by atoms with E-state index in [1.807, 2.05) is 0 Å². The van der Waals surface area contributed by atoms with Crippen molar-refractivity contribution in [3.05, 3.63) is 0 Å². The van der Waals surface area contributed by atoms with Crippen molar-refractivity contribution in [3.8, 4) is 0 Å². The van der Waals surface area contributed by atoms with E-state index >= 15 is 0 Å². The number of nitrogens with zero attached hydrogens (tertiary/aromatic N) is 1. The van der Waals surface area contributed by atoms with Gasteiger partial charge in [0.25, 0.3) is 0 Å². The fraction of sp³-hybridized carbons (Fsp3) is 0.667. The van der Waals surface area contributed by atoms with Crippen LogP contribution >= 0.6 is 0 Å². The fourth-order valence-corrected chi connectivity index (χ4v) is 2.60. The second-order valence-corrected chi connectivity index (χ2v) is 7.17. The molecule has 0 aliphatic rings. The average Bonchev–Trinajstić information content (AvgIpc) is 2.73. The standard InChI is InChI=1S/C18H34N8O7/c19-6-2-1-5-11(16(31)26-12(17(32)33)8-14(28)29)25-13(27)9-24-15(30)10(20)4-3-7-23-18(21)22/h10-12H,1-9,19-20H2,(H,24,30)(H,25,27)(H,26,31)(H,28,29)(H,32,33)(H4,21,22,23). The van der Waals surface area contributed by atoms with Crippen LogP contribution in [0, 0.1) is 0 Å². The summed E-state index contributed by atoms with van der Waals surface area (Å²) in [6, 6.07) is -3.71. The van der Waals surface area contributed by atoms with Crippen LogP contribution in [0.5, 0.6) is 0 Å². The van der Waals surface area contributed by atoms with Crippen LogP contribution in [0.3, 0.4) is 0 Å². The number of carboxylic acid groups (broad SMARTS) is 2. The van der Waals surface area contributed by atoms with Crippen molar-refractivity contribution in [2.75, 3.05) is 19.6 Å². The zero-order valence-electron chi connectivity index (χ0n) is 18.3. The summed E-state index contributed by atoms with van der Waals surface area (Å²) < 4.78 is 0. The minimum atomic E-state index is -1.67. The van der Waals surface area contributed by atoms with Gasteiger partial charge in [-0.1, -0.05) is 0 Å². The van der Waals surface area contributed by atoms with Crippen LogP contribution in [0.2, 0.25) is 0 Å². The number of nitrogens with two attached hydrogens (primary N) is 4. The number of hydrogen-bond donors (Lipinski definition) is 9. The lowest BCUT2D eigenvalue weighted by Crippen LogP contribution is -2.54. The van der Waals surface area contributed by atoms with Crippen molar-refractivity contribution < 1.29 is 34.2 Å². The molecule has 13 N–H and O–H groups in total. The molecule has 15 nitrogen and oxygen atoms in total. The quantitative estimate of drug-likeness (QED) is 0.0558. The predicted octanol–water partition coefficient (Wildman–Crippen LogP) is -3.86. The van der Waals surface area contributed by atoms with Crippen molar-refractivity contribution in [1.29, 1.82) is 0 Å². The first-order chi connectivity index (χ1) is 15.5. The summed E-state index contributed by atoms with van der Waals surface area (Å²) in [5.74, 6) is -5.19. The molecule has 0 aromatic heterocycles. The van der Waals surface area contributed by atoms with Gasteiger partial charge < -0.3 is 49.1 Å². The molecule has 33 heavy (non-hydrogen) atoms. The van der Waals surface area contributed by atoms with Crippen LogP contribution in [0.25, 0.3) is 0 Å². The number of unbranched alkanes of at least 4 members (excludes halogenated alkanes) is 1. The van der Waals surface area contributed by atoms with Crippen LogP contribution in [0.15, 0.2) is 4.99 Å². The lowest BCUT2D eigenvalue weighted by atomic mass is 10.1. The second-order valence-electron chi connectivity index (χ2n) is 7.17. The fourth-order valence-electron chi connectivity index (χ4n) is 2.60. The van der Waals surface area contributed by atoms with Crippen molar-refractivity contribution in [2.24, 2.45) is 27.9 Å². The van der Waals surface area contributed by atoms with Gasteiger partial charge in [-0.3, -0.25) is 24.2 Å². The molecule has 0 bridgehead atoms. The monoisotopic (exact) mass is 474 g/mol. The number of amides is 3. The molecule has 15 heteroatoms. The Bertz CT molecular complexity index is 712. The number of carbonyl (C=O) groups excluding carboxylic acids is 3. The molecular weight excluding hydrogens is 440 g/mol. The van der Waals surface area contributed by atoms with Gasteiger partial charge in [0, 0.05) is 6.54 Å². The Morgan fingerprint density at radius 3 is 2.09 bits per heavy atom. The van der Waals surface area contributed by atoms with Crippen LogP contribution in [-0.4, -0.2) is 83.6 Å². The summed E-state index contributed by atoms with van der Waals surface area (Å²) in [7, 11) is 0. The molecule has 0 fully saturated rings. The number of nitrogens with one attached hydrogen (secondary N) is 3. The second kappa shape index (κ2) is 16.2. The lowest BCUT2D eigenvalue weighted by molar-refractivity contribution is -0.147. The molecule has 3 atom stereocenters. The van der Waals surface area contributed by atoms with Gasteiger partial charge in [-0.15, -0.1) is 0 Å². The predicted molar refractivity (Wildman–Crippen MR) is 118 cm³/mol. The molecule has 3 amide bonds.